The monoisotopic (exact) mass is 436 g/mol. The molecular formula is C20H22BrClN2O2. The summed E-state index contributed by atoms with van der Waals surface area (Å²) in [5.74, 6) is -0.165. The molecule has 0 saturated carbocycles. The van der Waals surface area contributed by atoms with Gasteiger partial charge < -0.3 is 10.1 Å². The Hall–Kier alpha value is -1.40. The van der Waals surface area contributed by atoms with Crippen LogP contribution in [-0.4, -0.2) is 43.7 Å². The van der Waals surface area contributed by atoms with Crippen molar-refractivity contribution in [1.29, 1.82) is 0 Å². The summed E-state index contributed by atoms with van der Waals surface area (Å²) in [7, 11) is 0. The van der Waals surface area contributed by atoms with Crippen LogP contribution in [0.5, 0.6) is 0 Å². The lowest BCUT2D eigenvalue weighted by Crippen LogP contribution is -2.43. The first kappa shape index (κ1) is 19.4. The lowest BCUT2D eigenvalue weighted by atomic mass is 10.0. The standard InChI is InChI=1S/C20H22BrClN2O2/c1-14-2-4-15(5-3-14)19(24-8-10-26-11-9-24)13-23-20(25)17-12-16(21)6-7-18(17)22/h2-7,12,19H,8-11,13H2,1H3,(H,23,25). The van der Waals surface area contributed by atoms with Gasteiger partial charge in [-0.2, -0.15) is 0 Å². The Bertz CT molecular complexity index is 761. The molecule has 1 atom stereocenters. The summed E-state index contributed by atoms with van der Waals surface area (Å²) in [5, 5.41) is 3.50. The maximum atomic E-state index is 12.6. The van der Waals surface area contributed by atoms with E-state index in [1.807, 2.05) is 6.07 Å². The van der Waals surface area contributed by atoms with Gasteiger partial charge in [0.05, 0.1) is 29.8 Å². The summed E-state index contributed by atoms with van der Waals surface area (Å²) in [4.78, 5) is 15.0. The van der Waals surface area contributed by atoms with Crippen molar-refractivity contribution in [2.75, 3.05) is 32.8 Å². The van der Waals surface area contributed by atoms with Crippen LogP contribution in [0.1, 0.15) is 27.5 Å². The summed E-state index contributed by atoms with van der Waals surface area (Å²) in [6.07, 6.45) is 0. The summed E-state index contributed by atoms with van der Waals surface area (Å²) in [6, 6.07) is 13.9. The minimum Gasteiger partial charge on any atom is -0.379 e. The number of amides is 1. The van der Waals surface area contributed by atoms with Gasteiger partial charge >= 0.3 is 0 Å². The van der Waals surface area contributed by atoms with Gasteiger partial charge in [0, 0.05) is 24.1 Å². The van der Waals surface area contributed by atoms with Gasteiger partial charge in [0.1, 0.15) is 0 Å². The number of ether oxygens (including phenoxy) is 1. The van der Waals surface area contributed by atoms with E-state index in [-0.39, 0.29) is 11.9 Å². The Morgan fingerprint density at radius 1 is 1.23 bits per heavy atom. The first-order valence-electron chi connectivity index (χ1n) is 8.66. The summed E-state index contributed by atoms with van der Waals surface area (Å²) < 4.78 is 6.31. The fourth-order valence-corrected chi connectivity index (χ4v) is 3.66. The molecule has 1 aliphatic rings. The van der Waals surface area contributed by atoms with Crippen molar-refractivity contribution >= 4 is 33.4 Å². The van der Waals surface area contributed by atoms with Crippen molar-refractivity contribution in [2.45, 2.75) is 13.0 Å². The molecule has 0 aliphatic carbocycles. The fourth-order valence-electron chi connectivity index (χ4n) is 3.09. The molecule has 1 saturated heterocycles. The van der Waals surface area contributed by atoms with Crippen molar-refractivity contribution in [3.05, 3.63) is 68.7 Å². The van der Waals surface area contributed by atoms with Crippen molar-refractivity contribution < 1.29 is 9.53 Å². The van der Waals surface area contributed by atoms with E-state index >= 15 is 0 Å². The normalized spacial score (nSPS) is 16.3. The zero-order chi connectivity index (χ0) is 18.5. The highest BCUT2D eigenvalue weighted by Gasteiger charge is 2.23. The molecule has 2 aromatic rings. The van der Waals surface area contributed by atoms with Crippen molar-refractivity contribution in [3.63, 3.8) is 0 Å². The number of nitrogens with one attached hydrogen (secondary N) is 1. The van der Waals surface area contributed by atoms with Gasteiger partial charge in [-0.3, -0.25) is 9.69 Å². The van der Waals surface area contributed by atoms with Gasteiger partial charge in [0.2, 0.25) is 0 Å². The molecule has 0 aromatic heterocycles. The van der Waals surface area contributed by atoms with E-state index in [1.54, 1.807) is 12.1 Å². The topological polar surface area (TPSA) is 41.6 Å². The maximum absolute atomic E-state index is 12.6. The quantitative estimate of drug-likeness (QED) is 0.762. The van der Waals surface area contributed by atoms with Gasteiger partial charge in [-0.1, -0.05) is 57.4 Å². The molecule has 0 bridgehead atoms. The lowest BCUT2D eigenvalue weighted by Gasteiger charge is -2.35. The third-order valence-corrected chi connectivity index (χ3v) is 5.40. The van der Waals surface area contributed by atoms with Crippen LogP contribution in [0, 0.1) is 6.92 Å². The van der Waals surface area contributed by atoms with Crippen LogP contribution in [0.25, 0.3) is 0 Å². The minimum absolute atomic E-state index is 0.106. The first-order valence-corrected chi connectivity index (χ1v) is 9.83. The van der Waals surface area contributed by atoms with Gasteiger partial charge in [0.25, 0.3) is 5.91 Å². The number of aryl methyl sites for hydroxylation is 1. The molecule has 3 rings (SSSR count). The van der Waals surface area contributed by atoms with E-state index in [0.29, 0.717) is 30.3 Å². The molecule has 1 heterocycles. The second kappa shape index (κ2) is 9.00. The maximum Gasteiger partial charge on any atom is 0.252 e. The zero-order valence-corrected chi connectivity index (χ0v) is 17.0. The molecule has 2 aromatic carbocycles. The summed E-state index contributed by atoms with van der Waals surface area (Å²) >= 11 is 9.57. The number of nitrogens with zero attached hydrogens (tertiary/aromatic N) is 1. The molecule has 1 aliphatic heterocycles. The minimum atomic E-state index is -0.165. The molecule has 26 heavy (non-hydrogen) atoms. The Kier molecular flexibility index (Phi) is 6.70. The van der Waals surface area contributed by atoms with Crippen LogP contribution in [0.3, 0.4) is 0 Å². The Morgan fingerprint density at radius 3 is 2.62 bits per heavy atom. The number of morpholine rings is 1. The van der Waals surface area contributed by atoms with Crippen molar-refractivity contribution in [1.82, 2.24) is 10.2 Å². The molecule has 6 heteroatoms. The fraction of sp³-hybridized carbons (Fsp3) is 0.350. The number of hydrogen-bond donors (Lipinski definition) is 1. The van der Waals surface area contributed by atoms with E-state index in [9.17, 15) is 4.79 Å². The zero-order valence-electron chi connectivity index (χ0n) is 14.7. The molecule has 1 unspecified atom stereocenters. The Labute approximate surface area is 167 Å². The molecule has 1 N–H and O–H groups in total. The number of carbonyl (C=O) groups is 1. The molecule has 0 radical (unpaired) electrons. The highest BCUT2D eigenvalue weighted by atomic mass is 79.9. The summed E-state index contributed by atoms with van der Waals surface area (Å²) in [6.45, 7) is 5.73. The van der Waals surface area contributed by atoms with E-state index < -0.39 is 0 Å². The third-order valence-electron chi connectivity index (χ3n) is 4.58. The van der Waals surface area contributed by atoms with Crippen LogP contribution in [0.15, 0.2) is 46.9 Å². The van der Waals surface area contributed by atoms with E-state index in [4.69, 9.17) is 16.3 Å². The van der Waals surface area contributed by atoms with Crippen LogP contribution in [0.4, 0.5) is 0 Å². The van der Waals surface area contributed by atoms with E-state index in [1.165, 1.54) is 11.1 Å². The first-order chi connectivity index (χ1) is 12.5. The second-order valence-corrected chi connectivity index (χ2v) is 7.73. The van der Waals surface area contributed by atoms with Crippen LogP contribution < -0.4 is 5.32 Å². The van der Waals surface area contributed by atoms with E-state index in [2.05, 4.69) is 57.3 Å². The van der Waals surface area contributed by atoms with Crippen LogP contribution in [0.2, 0.25) is 5.02 Å². The average molecular weight is 438 g/mol. The molecule has 1 amide bonds. The smallest absolute Gasteiger partial charge is 0.252 e. The highest BCUT2D eigenvalue weighted by molar-refractivity contribution is 9.10. The van der Waals surface area contributed by atoms with Gasteiger partial charge in [-0.05, 0) is 30.7 Å². The predicted octanol–water partition coefficient (Wildman–Crippen LogP) is 4.21. The molecule has 1 fully saturated rings. The number of halogens is 2. The number of carbonyl (C=O) groups excluding carboxylic acids is 1. The molecular weight excluding hydrogens is 416 g/mol. The van der Waals surface area contributed by atoms with Crippen LogP contribution >= 0.6 is 27.5 Å². The number of rotatable bonds is 5. The molecule has 0 spiro atoms. The van der Waals surface area contributed by atoms with Gasteiger partial charge in [-0.15, -0.1) is 0 Å². The second-order valence-electron chi connectivity index (χ2n) is 6.41. The van der Waals surface area contributed by atoms with Crippen molar-refractivity contribution in [3.8, 4) is 0 Å². The Morgan fingerprint density at radius 2 is 1.92 bits per heavy atom. The van der Waals surface area contributed by atoms with E-state index in [0.717, 1.165) is 17.6 Å². The van der Waals surface area contributed by atoms with Crippen LogP contribution in [-0.2, 0) is 4.74 Å². The number of hydrogen-bond acceptors (Lipinski definition) is 3. The lowest BCUT2D eigenvalue weighted by molar-refractivity contribution is 0.0162. The molecule has 138 valence electrons. The SMILES string of the molecule is Cc1ccc(C(CNC(=O)c2cc(Br)ccc2Cl)N2CCOCC2)cc1. The predicted molar refractivity (Wildman–Crippen MR) is 108 cm³/mol. The number of benzene rings is 2. The third kappa shape index (κ3) is 4.86. The molecule has 4 nitrogen and oxygen atoms in total. The largest absolute Gasteiger partial charge is 0.379 e. The Balaban J connectivity index is 1.75. The van der Waals surface area contributed by atoms with Gasteiger partial charge in [0.15, 0.2) is 0 Å². The highest BCUT2D eigenvalue weighted by Crippen LogP contribution is 2.24. The summed E-state index contributed by atoms with van der Waals surface area (Å²) in [5.41, 5.74) is 2.89. The average Bonchev–Trinajstić information content (AvgIpc) is 2.66. The van der Waals surface area contributed by atoms with Crippen molar-refractivity contribution in [2.24, 2.45) is 0 Å². The van der Waals surface area contributed by atoms with Gasteiger partial charge in [-0.25, -0.2) is 0 Å².